The highest BCUT2D eigenvalue weighted by molar-refractivity contribution is 5.99. The van der Waals surface area contributed by atoms with Crippen molar-refractivity contribution < 1.29 is 13.9 Å². The zero-order valence-corrected chi connectivity index (χ0v) is 19.0. The lowest BCUT2D eigenvalue weighted by Gasteiger charge is -2.26. The summed E-state index contributed by atoms with van der Waals surface area (Å²) >= 11 is 0. The van der Waals surface area contributed by atoms with Crippen molar-refractivity contribution >= 4 is 28.4 Å². The molecule has 0 radical (unpaired) electrons. The minimum atomic E-state index is -0.438. The first-order chi connectivity index (χ1) is 17.1. The van der Waals surface area contributed by atoms with Crippen LogP contribution in [0.25, 0.3) is 11.0 Å². The number of aromatic nitrogens is 2. The lowest BCUT2D eigenvalue weighted by atomic mass is 10.2. The molecule has 0 bridgehead atoms. The molecule has 0 atom stereocenters. The van der Waals surface area contributed by atoms with E-state index in [9.17, 15) is 9.18 Å². The van der Waals surface area contributed by atoms with E-state index in [0.717, 1.165) is 49.5 Å². The Labute approximate surface area is 202 Å². The van der Waals surface area contributed by atoms with Crippen molar-refractivity contribution in [1.29, 1.82) is 0 Å². The predicted octanol–water partition coefficient (Wildman–Crippen LogP) is 4.61. The molecule has 5 rings (SSSR count). The fourth-order valence-electron chi connectivity index (χ4n) is 3.87. The number of nitrogens with one attached hydrogen (secondary N) is 3. The molecule has 8 nitrogen and oxygen atoms in total. The quantitative estimate of drug-likeness (QED) is 0.380. The molecule has 1 aliphatic rings. The zero-order valence-electron chi connectivity index (χ0n) is 19.0. The largest absolute Gasteiger partial charge is 0.457 e. The third kappa shape index (κ3) is 6.08. The summed E-state index contributed by atoms with van der Waals surface area (Å²) in [4.78, 5) is 24.0. The zero-order chi connectivity index (χ0) is 24.0. The Balaban J connectivity index is 1.25. The van der Waals surface area contributed by atoms with Gasteiger partial charge in [-0.15, -0.1) is 0 Å². The van der Waals surface area contributed by atoms with Crippen LogP contribution in [-0.2, 0) is 6.54 Å². The third-order valence-corrected chi connectivity index (χ3v) is 5.59. The molecule has 178 valence electrons. The average Bonchev–Trinajstić information content (AvgIpc) is 2.86. The molecule has 3 aromatic carbocycles. The van der Waals surface area contributed by atoms with Crippen molar-refractivity contribution in [3.05, 3.63) is 84.4 Å². The molecule has 0 unspecified atom stereocenters. The van der Waals surface area contributed by atoms with Gasteiger partial charge in [0.05, 0.1) is 22.9 Å². The molecule has 0 aliphatic carbocycles. The summed E-state index contributed by atoms with van der Waals surface area (Å²) in [5, 5.41) is 8.77. The van der Waals surface area contributed by atoms with Crippen LogP contribution in [0.3, 0.4) is 0 Å². The van der Waals surface area contributed by atoms with Crippen LogP contribution in [0.5, 0.6) is 11.5 Å². The second kappa shape index (κ2) is 10.5. The average molecular weight is 473 g/mol. The highest BCUT2D eigenvalue weighted by Crippen LogP contribution is 2.26. The Morgan fingerprint density at radius 1 is 0.943 bits per heavy atom. The number of piperazine rings is 1. The van der Waals surface area contributed by atoms with E-state index in [1.807, 2.05) is 24.4 Å². The number of ether oxygens (including phenoxy) is 1. The van der Waals surface area contributed by atoms with Gasteiger partial charge in [-0.3, -0.25) is 9.88 Å². The van der Waals surface area contributed by atoms with Gasteiger partial charge >= 0.3 is 6.03 Å². The maximum absolute atomic E-state index is 13.0. The van der Waals surface area contributed by atoms with Crippen LogP contribution in [0.2, 0.25) is 0 Å². The summed E-state index contributed by atoms with van der Waals surface area (Å²) < 4.78 is 19.1. The number of hydrogen-bond donors (Lipinski definition) is 3. The van der Waals surface area contributed by atoms with E-state index >= 15 is 0 Å². The molecule has 1 fully saturated rings. The lowest BCUT2D eigenvalue weighted by Crippen LogP contribution is -2.43. The van der Waals surface area contributed by atoms with Crippen molar-refractivity contribution in [1.82, 2.24) is 20.2 Å². The summed E-state index contributed by atoms with van der Waals surface area (Å²) in [5.74, 6) is 0.823. The van der Waals surface area contributed by atoms with E-state index in [-0.39, 0.29) is 5.82 Å². The second-order valence-corrected chi connectivity index (χ2v) is 8.25. The van der Waals surface area contributed by atoms with E-state index in [1.54, 1.807) is 24.3 Å². The fourth-order valence-corrected chi connectivity index (χ4v) is 3.87. The Bertz CT molecular complexity index is 1330. The van der Waals surface area contributed by atoms with Crippen LogP contribution in [0.4, 0.5) is 20.6 Å². The number of hydrogen-bond acceptors (Lipinski definition) is 6. The summed E-state index contributed by atoms with van der Waals surface area (Å²) in [7, 11) is 0. The number of rotatable bonds is 6. The Hall–Kier alpha value is -4.08. The van der Waals surface area contributed by atoms with Crippen LogP contribution in [0.15, 0.2) is 72.9 Å². The van der Waals surface area contributed by atoms with Gasteiger partial charge in [0.15, 0.2) is 0 Å². The van der Waals surface area contributed by atoms with Gasteiger partial charge in [0, 0.05) is 56.2 Å². The normalized spacial score (nSPS) is 14.0. The number of anilines is 2. The van der Waals surface area contributed by atoms with Crippen LogP contribution >= 0.6 is 0 Å². The van der Waals surface area contributed by atoms with Crippen LogP contribution in [0.1, 0.15) is 5.69 Å². The number of urea groups is 1. The predicted molar refractivity (Wildman–Crippen MR) is 133 cm³/mol. The third-order valence-electron chi connectivity index (χ3n) is 5.59. The number of benzene rings is 3. The van der Waals surface area contributed by atoms with Crippen LogP contribution in [-0.4, -0.2) is 47.1 Å². The number of fused-ring (bicyclic) bond motifs is 1. The van der Waals surface area contributed by atoms with Gasteiger partial charge in [-0.2, -0.15) is 0 Å². The van der Waals surface area contributed by atoms with E-state index in [2.05, 4.69) is 25.8 Å². The maximum atomic E-state index is 13.0. The van der Waals surface area contributed by atoms with Gasteiger partial charge in [0.1, 0.15) is 17.3 Å². The first-order valence-electron chi connectivity index (χ1n) is 11.4. The fraction of sp³-hybridized carbons (Fsp3) is 0.192. The van der Waals surface area contributed by atoms with Gasteiger partial charge in [-0.1, -0.05) is 6.07 Å². The number of nitrogens with zero attached hydrogens (tertiary/aromatic N) is 3. The SMILES string of the molecule is O=C(Nc1ccc(F)cc1)Nc1cccc(Oc2ccc3ncc(CN4CCNCC4)nc3c2)c1. The highest BCUT2D eigenvalue weighted by Gasteiger charge is 2.12. The van der Waals surface area contributed by atoms with E-state index in [1.165, 1.54) is 24.3 Å². The molecular formula is C26H25FN6O2. The first-order valence-corrected chi connectivity index (χ1v) is 11.4. The van der Waals surface area contributed by atoms with Gasteiger partial charge in [-0.05, 0) is 48.5 Å². The maximum Gasteiger partial charge on any atom is 0.323 e. The standard InChI is InChI=1S/C26H25FN6O2/c27-18-4-6-19(7-5-18)31-26(34)32-20-2-1-3-22(14-20)35-23-8-9-24-25(15-23)30-21(16-29-24)17-33-12-10-28-11-13-33/h1-9,14-16,28H,10-13,17H2,(H2,31,32,34). The summed E-state index contributed by atoms with van der Waals surface area (Å²) in [6.07, 6.45) is 1.83. The smallest absolute Gasteiger partial charge is 0.323 e. The van der Waals surface area contributed by atoms with E-state index in [0.29, 0.717) is 22.9 Å². The van der Waals surface area contributed by atoms with Crippen molar-refractivity contribution in [2.24, 2.45) is 0 Å². The molecule has 2 heterocycles. The lowest BCUT2D eigenvalue weighted by molar-refractivity contribution is 0.230. The molecule has 35 heavy (non-hydrogen) atoms. The summed E-state index contributed by atoms with van der Waals surface area (Å²) in [6.45, 7) is 4.73. The summed E-state index contributed by atoms with van der Waals surface area (Å²) in [6, 6.07) is 17.8. The van der Waals surface area contributed by atoms with Crippen LogP contribution < -0.4 is 20.7 Å². The molecule has 1 aliphatic heterocycles. The molecule has 4 aromatic rings. The molecule has 0 saturated carbocycles. The topological polar surface area (TPSA) is 91.4 Å². The van der Waals surface area contributed by atoms with Crippen LogP contribution in [0, 0.1) is 5.82 Å². The second-order valence-electron chi connectivity index (χ2n) is 8.25. The molecule has 3 N–H and O–H groups in total. The van der Waals surface area contributed by atoms with Gasteiger partial charge in [0.25, 0.3) is 0 Å². The highest BCUT2D eigenvalue weighted by atomic mass is 19.1. The molecule has 1 aromatic heterocycles. The number of amides is 2. The van der Waals surface area contributed by atoms with Gasteiger partial charge in [0.2, 0.25) is 0 Å². The van der Waals surface area contributed by atoms with Gasteiger partial charge < -0.3 is 20.7 Å². The minimum Gasteiger partial charge on any atom is -0.457 e. The molecule has 2 amide bonds. The van der Waals surface area contributed by atoms with E-state index in [4.69, 9.17) is 9.72 Å². The van der Waals surface area contributed by atoms with E-state index < -0.39 is 6.03 Å². The Morgan fingerprint density at radius 2 is 1.71 bits per heavy atom. The monoisotopic (exact) mass is 472 g/mol. The van der Waals surface area contributed by atoms with Crippen molar-refractivity contribution in [2.45, 2.75) is 6.54 Å². The first kappa shape index (κ1) is 22.7. The number of carbonyl (C=O) groups excluding carboxylic acids is 1. The van der Waals surface area contributed by atoms with Crippen molar-refractivity contribution in [3.8, 4) is 11.5 Å². The number of halogens is 1. The molecule has 0 spiro atoms. The Kier molecular flexibility index (Phi) is 6.78. The number of carbonyl (C=O) groups is 1. The van der Waals surface area contributed by atoms with Crippen molar-refractivity contribution in [3.63, 3.8) is 0 Å². The Morgan fingerprint density at radius 3 is 2.54 bits per heavy atom. The van der Waals surface area contributed by atoms with Crippen molar-refractivity contribution in [2.75, 3.05) is 36.8 Å². The minimum absolute atomic E-state index is 0.365. The molecule has 1 saturated heterocycles. The van der Waals surface area contributed by atoms with Gasteiger partial charge in [-0.25, -0.2) is 14.2 Å². The summed E-state index contributed by atoms with van der Waals surface area (Å²) in [5.41, 5.74) is 3.54. The molecular weight excluding hydrogens is 447 g/mol. The molecule has 9 heteroatoms.